The average Bonchev–Trinajstić information content (AvgIpc) is 2.98. The van der Waals surface area contributed by atoms with Crippen LogP contribution in [0.1, 0.15) is 6.92 Å². The van der Waals surface area contributed by atoms with Crippen molar-refractivity contribution in [2.24, 2.45) is 0 Å². The Kier molecular flexibility index (Phi) is 5.83. The van der Waals surface area contributed by atoms with Gasteiger partial charge in [-0.2, -0.15) is 9.97 Å². The summed E-state index contributed by atoms with van der Waals surface area (Å²) in [6.45, 7) is 0.877. The van der Waals surface area contributed by atoms with Crippen LogP contribution in [0.3, 0.4) is 0 Å². The van der Waals surface area contributed by atoms with Crippen LogP contribution in [-0.2, 0) is 19.6 Å². The summed E-state index contributed by atoms with van der Waals surface area (Å²) in [5, 5.41) is 10.4. The number of alkyl halides is 1. The number of aliphatic hydroxyl groups is 1. The number of nitrogens with zero attached hydrogens (tertiary/aromatic N) is 5. The molecule has 2 aromatic rings. The summed E-state index contributed by atoms with van der Waals surface area (Å²) in [6.07, 6.45) is -1.52. The molecule has 10 nitrogen and oxygen atoms in total. The summed E-state index contributed by atoms with van der Waals surface area (Å²) in [6, 6.07) is 0. The van der Waals surface area contributed by atoms with Crippen molar-refractivity contribution in [1.29, 1.82) is 0 Å². The number of ether oxygens (including phenoxy) is 1. The standard InChI is InChI=1S/C13H20FN6O4P/c1-13(14,9(21)7(23-4)5-24-25-22)20-6-16-8-10(19(2)3)17-12(15)18-11(8)20/h6-7,9,21H,5H2,1-4H3,(H2,15,17,18)/t7?,9-,13+/m1/s1. The van der Waals surface area contributed by atoms with Crippen LogP contribution >= 0.6 is 8.69 Å². The number of aliphatic hydroxyl groups excluding tert-OH is 1. The highest BCUT2D eigenvalue weighted by Gasteiger charge is 2.42. The zero-order chi connectivity index (χ0) is 18.8. The maximum atomic E-state index is 15.5. The van der Waals surface area contributed by atoms with Gasteiger partial charge in [0.15, 0.2) is 17.0 Å². The van der Waals surface area contributed by atoms with E-state index in [-0.39, 0.29) is 18.2 Å². The Morgan fingerprint density at radius 1 is 1.52 bits per heavy atom. The molecule has 25 heavy (non-hydrogen) atoms. The number of nitrogen functional groups attached to an aromatic ring is 1. The number of imidazole rings is 1. The molecular weight excluding hydrogens is 354 g/mol. The average molecular weight is 374 g/mol. The van der Waals surface area contributed by atoms with Crippen LogP contribution in [0.15, 0.2) is 6.33 Å². The summed E-state index contributed by atoms with van der Waals surface area (Å²) in [4.78, 5) is 13.9. The van der Waals surface area contributed by atoms with Crippen LogP contribution in [0.2, 0.25) is 0 Å². The Morgan fingerprint density at radius 3 is 2.76 bits per heavy atom. The van der Waals surface area contributed by atoms with Gasteiger partial charge in [-0.25, -0.2) is 13.9 Å². The molecule has 0 spiro atoms. The fourth-order valence-electron chi connectivity index (χ4n) is 2.41. The highest BCUT2D eigenvalue weighted by atomic mass is 31.1. The maximum Gasteiger partial charge on any atom is 0.327 e. The van der Waals surface area contributed by atoms with Crippen molar-refractivity contribution >= 4 is 31.6 Å². The van der Waals surface area contributed by atoms with Crippen molar-refractivity contribution in [3.63, 3.8) is 0 Å². The molecule has 2 heterocycles. The second-order valence-electron chi connectivity index (χ2n) is 5.70. The van der Waals surface area contributed by atoms with Gasteiger partial charge in [-0.1, -0.05) is 0 Å². The predicted octanol–water partition coefficient (Wildman–Crippen LogP) is 0.716. The number of aromatic nitrogens is 4. The third-order valence-electron chi connectivity index (χ3n) is 3.78. The Labute approximate surface area is 145 Å². The van der Waals surface area contributed by atoms with Gasteiger partial charge in [-0.3, -0.25) is 9.09 Å². The van der Waals surface area contributed by atoms with Crippen molar-refractivity contribution in [3.05, 3.63) is 6.33 Å². The van der Waals surface area contributed by atoms with Crippen LogP contribution in [0.25, 0.3) is 11.2 Å². The van der Waals surface area contributed by atoms with Crippen LogP contribution in [-0.4, -0.2) is 64.6 Å². The zero-order valence-corrected chi connectivity index (χ0v) is 15.1. The molecule has 0 aliphatic rings. The van der Waals surface area contributed by atoms with E-state index in [1.54, 1.807) is 19.0 Å². The van der Waals surface area contributed by atoms with Crippen molar-refractivity contribution in [2.75, 3.05) is 38.4 Å². The van der Waals surface area contributed by atoms with Crippen LogP contribution in [0.5, 0.6) is 0 Å². The minimum absolute atomic E-state index is 0.0555. The maximum absolute atomic E-state index is 15.5. The quantitative estimate of drug-likeness (QED) is 0.642. The third-order valence-corrected chi connectivity index (χ3v) is 4.03. The monoisotopic (exact) mass is 374 g/mol. The van der Waals surface area contributed by atoms with Crippen molar-refractivity contribution in [2.45, 2.75) is 24.9 Å². The largest absolute Gasteiger partial charge is 0.385 e. The first-order valence-electron chi connectivity index (χ1n) is 7.26. The van der Waals surface area contributed by atoms with E-state index in [9.17, 15) is 9.67 Å². The molecule has 12 heteroatoms. The number of halogens is 1. The number of methoxy groups -OCH3 is 1. The van der Waals surface area contributed by atoms with E-state index in [4.69, 9.17) is 10.5 Å². The fourth-order valence-corrected chi connectivity index (χ4v) is 2.61. The van der Waals surface area contributed by atoms with E-state index in [0.717, 1.165) is 11.5 Å². The van der Waals surface area contributed by atoms with E-state index in [2.05, 4.69) is 19.5 Å². The molecule has 0 radical (unpaired) electrons. The first kappa shape index (κ1) is 19.4. The molecule has 138 valence electrons. The number of nitrogens with two attached hydrogens (primary N) is 1. The van der Waals surface area contributed by atoms with Gasteiger partial charge < -0.3 is 20.5 Å². The lowest BCUT2D eigenvalue weighted by atomic mass is 10.0. The molecule has 0 aliphatic heterocycles. The molecule has 0 bridgehead atoms. The van der Waals surface area contributed by atoms with E-state index in [1.165, 1.54) is 13.4 Å². The Morgan fingerprint density at radius 2 is 2.20 bits per heavy atom. The molecule has 3 N–H and O–H groups in total. The van der Waals surface area contributed by atoms with Crippen molar-refractivity contribution in [3.8, 4) is 0 Å². The zero-order valence-electron chi connectivity index (χ0n) is 14.2. The second-order valence-corrected chi connectivity index (χ2v) is 6.11. The van der Waals surface area contributed by atoms with Crippen molar-refractivity contribution < 1.29 is 23.3 Å². The highest BCUT2D eigenvalue weighted by Crippen LogP contribution is 2.32. The summed E-state index contributed by atoms with van der Waals surface area (Å²) >= 11 is 0. The SMILES string of the molecule is COC(COP=O)[C@@H](O)[C@@](C)(F)n1cnc2c(N(C)C)nc(N)nc21. The van der Waals surface area contributed by atoms with E-state index < -0.39 is 26.7 Å². The molecule has 3 atom stereocenters. The number of hydrogen-bond donors (Lipinski definition) is 2. The van der Waals surface area contributed by atoms with E-state index in [0.29, 0.717) is 11.3 Å². The van der Waals surface area contributed by atoms with Gasteiger partial charge in [-0.15, -0.1) is 0 Å². The van der Waals surface area contributed by atoms with E-state index in [1.807, 2.05) is 0 Å². The van der Waals surface area contributed by atoms with Gasteiger partial charge in [0.2, 0.25) is 11.7 Å². The highest BCUT2D eigenvalue weighted by molar-refractivity contribution is 7.17. The normalized spacial score (nSPS) is 16.7. The summed E-state index contributed by atoms with van der Waals surface area (Å²) in [5.41, 5.74) is 6.16. The molecule has 0 aliphatic carbocycles. The molecule has 0 aromatic carbocycles. The number of fused-ring (bicyclic) bond motifs is 1. The molecule has 2 aromatic heterocycles. The van der Waals surface area contributed by atoms with Gasteiger partial charge in [0.05, 0.1) is 12.9 Å². The summed E-state index contributed by atoms with van der Waals surface area (Å²) in [7, 11) is 4.17. The van der Waals surface area contributed by atoms with Crippen molar-refractivity contribution in [1.82, 2.24) is 19.5 Å². The Bertz CT molecular complexity index is 755. The van der Waals surface area contributed by atoms with Gasteiger partial charge in [0.25, 0.3) is 0 Å². The molecule has 2 rings (SSSR count). The lowest BCUT2D eigenvalue weighted by Crippen LogP contribution is -2.47. The molecule has 0 saturated carbocycles. The topological polar surface area (TPSA) is 129 Å². The van der Waals surface area contributed by atoms with Gasteiger partial charge in [-0.05, 0) is 6.92 Å². The predicted molar refractivity (Wildman–Crippen MR) is 89.2 cm³/mol. The fraction of sp³-hybridized carbons (Fsp3) is 0.615. The van der Waals surface area contributed by atoms with Crippen LogP contribution < -0.4 is 10.6 Å². The molecule has 1 unspecified atom stereocenters. The Balaban J connectivity index is 2.50. The summed E-state index contributed by atoms with van der Waals surface area (Å²) < 4.78 is 36.6. The molecule has 0 amide bonds. The van der Waals surface area contributed by atoms with Gasteiger partial charge in [0.1, 0.15) is 12.2 Å². The lowest BCUT2D eigenvalue weighted by molar-refractivity contribution is -0.132. The third kappa shape index (κ3) is 3.69. The molecule has 0 fully saturated rings. The van der Waals surface area contributed by atoms with Crippen LogP contribution in [0, 0.1) is 0 Å². The number of anilines is 2. The first-order chi connectivity index (χ1) is 11.7. The second kappa shape index (κ2) is 7.52. The molecule has 0 saturated heterocycles. The minimum atomic E-state index is -2.36. The minimum Gasteiger partial charge on any atom is -0.385 e. The van der Waals surface area contributed by atoms with Crippen LogP contribution in [0.4, 0.5) is 16.2 Å². The van der Waals surface area contributed by atoms with Gasteiger partial charge >= 0.3 is 8.69 Å². The smallest absolute Gasteiger partial charge is 0.327 e. The molecular formula is C13H20FN6O4P. The number of rotatable bonds is 8. The van der Waals surface area contributed by atoms with Gasteiger partial charge in [0, 0.05) is 21.2 Å². The summed E-state index contributed by atoms with van der Waals surface area (Å²) in [5.74, 6) is -1.99. The first-order valence-corrected chi connectivity index (χ1v) is 7.99. The Hall–Kier alpha value is -1.94. The lowest BCUT2D eigenvalue weighted by Gasteiger charge is -2.32. The number of hydrogen-bond acceptors (Lipinski definition) is 9. The van der Waals surface area contributed by atoms with E-state index >= 15 is 4.39 Å².